The Hall–Kier alpha value is -7.42. The molecule has 62 heavy (non-hydrogen) atoms. The Morgan fingerprint density at radius 1 is 0.290 bits per heavy atom. The maximum absolute atomic E-state index is 2.55. The third-order valence-corrected chi connectivity index (χ3v) is 15.0. The second-order valence-electron chi connectivity index (χ2n) is 18.8. The average Bonchev–Trinajstić information content (AvgIpc) is 3.97. The van der Waals surface area contributed by atoms with E-state index >= 15 is 0 Å². The van der Waals surface area contributed by atoms with Crippen LogP contribution >= 0.6 is 0 Å². The first-order chi connectivity index (χ1) is 30.3. The standard InChI is InChI=1S/C60H42N2/c1-59(2)51-21-11-7-17-41(51)45-29-31-47-43-19-9-13-23-53(43)61(57(47)55(45)59)35-25-27-39-40-28-26-36(34-50(40)38-16-6-5-15-37(38)49(39)33-35)62-54-24-14-10-20-44(54)48-32-30-46-42-18-8-12-22-52(42)60(3,4)56(46)58(48)62/h5-34H,1-4H3. The first-order valence-electron chi connectivity index (χ1n) is 22.0. The van der Waals surface area contributed by atoms with Gasteiger partial charge in [0.25, 0.3) is 0 Å². The van der Waals surface area contributed by atoms with Crippen molar-refractivity contribution in [2.24, 2.45) is 0 Å². The molecular formula is C60H42N2. The topological polar surface area (TPSA) is 9.86 Å². The molecule has 14 rings (SSSR count). The van der Waals surface area contributed by atoms with Gasteiger partial charge in [0.2, 0.25) is 0 Å². The number of para-hydroxylation sites is 2. The van der Waals surface area contributed by atoms with Crippen LogP contribution in [-0.4, -0.2) is 9.13 Å². The minimum absolute atomic E-state index is 0.148. The van der Waals surface area contributed by atoms with Gasteiger partial charge < -0.3 is 9.13 Å². The molecule has 2 heterocycles. The van der Waals surface area contributed by atoms with E-state index in [0.717, 1.165) is 0 Å². The van der Waals surface area contributed by atoms with E-state index in [9.17, 15) is 0 Å². The molecule has 0 saturated carbocycles. The molecule has 0 aliphatic heterocycles. The van der Waals surface area contributed by atoms with Gasteiger partial charge in [-0.3, -0.25) is 0 Å². The van der Waals surface area contributed by atoms with E-state index in [-0.39, 0.29) is 10.8 Å². The summed E-state index contributed by atoms with van der Waals surface area (Å²) in [5, 5.41) is 12.8. The molecule has 2 aromatic heterocycles. The molecule has 0 radical (unpaired) electrons. The molecule has 292 valence electrons. The fourth-order valence-corrected chi connectivity index (χ4v) is 12.4. The fraction of sp³-hybridized carbons (Fsp3) is 0.100. The minimum atomic E-state index is -0.148. The summed E-state index contributed by atoms with van der Waals surface area (Å²) in [6.45, 7) is 9.61. The number of fused-ring (bicyclic) bond motifs is 20. The summed E-state index contributed by atoms with van der Waals surface area (Å²) in [5.41, 5.74) is 18.2. The number of rotatable bonds is 2. The number of nitrogens with zero attached hydrogens (tertiary/aromatic N) is 2. The number of aromatic nitrogens is 2. The third-order valence-electron chi connectivity index (χ3n) is 15.0. The highest BCUT2D eigenvalue weighted by atomic mass is 15.0. The molecular weight excluding hydrogens is 749 g/mol. The van der Waals surface area contributed by atoms with Gasteiger partial charge in [-0.2, -0.15) is 0 Å². The molecule has 12 aromatic rings. The van der Waals surface area contributed by atoms with Crippen molar-refractivity contribution in [1.29, 1.82) is 0 Å². The Labute approximate surface area is 359 Å². The minimum Gasteiger partial charge on any atom is -0.309 e. The van der Waals surface area contributed by atoms with Crippen molar-refractivity contribution < 1.29 is 0 Å². The quantitative estimate of drug-likeness (QED) is 0.154. The van der Waals surface area contributed by atoms with Crippen LogP contribution in [0.1, 0.15) is 49.9 Å². The lowest BCUT2D eigenvalue weighted by atomic mass is 9.81. The Morgan fingerprint density at radius 2 is 0.645 bits per heavy atom. The highest BCUT2D eigenvalue weighted by Gasteiger charge is 2.40. The number of benzene rings is 10. The zero-order chi connectivity index (χ0) is 41.2. The van der Waals surface area contributed by atoms with Crippen molar-refractivity contribution in [3.8, 4) is 33.6 Å². The maximum atomic E-state index is 2.55. The molecule has 0 spiro atoms. The summed E-state index contributed by atoms with van der Waals surface area (Å²) < 4.78 is 5.11. The second kappa shape index (κ2) is 11.7. The van der Waals surface area contributed by atoms with Crippen LogP contribution < -0.4 is 0 Å². The molecule has 0 atom stereocenters. The van der Waals surface area contributed by atoms with Gasteiger partial charge in [0.05, 0.1) is 22.1 Å². The predicted molar refractivity (Wildman–Crippen MR) is 263 cm³/mol. The zero-order valence-corrected chi connectivity index (χ0v) is 35.2. The van der Waals surface area contributed by atoms with E-state index in [0.29, 0.717) is 0 Å². The van der Waals surface area contributed by atoms with Gasteiger partial charge in [0.1, 0.15) is 0 Å². The predicted octanol–water partition coefficient (Wildman–Crippen LogP) is 16.0. The molecule has 2 nitrogen and oxygen atoms in total. The van der Waals surface area contributed by atoms with E-state index in [2.05, 4.69) is 219 Å². The van der Waals surface area contributed by atoms with Gasteiger partial charge in [0, 0.05) is 43.7 Å². The molecule has 2 aliphatic rings. The summed E-state index contributed by atoms with van der Waals surface area (Å²) >= 11 is 0. The van der Waals surface area contributed by atoms with Crippen LogP contribution in [0.5, 0.6) is 0 Å². The van der Waals surface area contributed by atoms with Gasteiger partial charge in [-0.15, -0.1) is 0 Å². The van der Waals surface area contributed by atoms with Crippen molar-refractivity contribution in [1.82, 2.24) is 9.13 Å². The molecule has 0 amide bonds. The Bertz CT molecular complexity index is 3700. The van der Waals surface area contributed by atoms with E-state index in [1.54, 1.807) is 0 Å². The first kappa shape index (κ1) is 34.3. The van der Waals surface area contributed by atoms with E-state index < -0.39 is 0 Å². The fourth-order valence-electron chi connectivity index (χ4n) is 12.4. The van der Waals surface area contributed by atoms with E-state index in [1.165, 1.54) is 132 Å². The average molecular weight is 791 g/mol. The third kappa shape index (κ3) is 4.15. The van der Waals surface area contributed by atoms with Gasteiger partial charge >= 0.3 is 0 Å². The van der Waals surface area contributed by atoms with Crippen LogP contribution in [0.4, 0.5) is 0 Å². The van der Waals surface area contributed by atoms with Crippen molar-refractivity contribution in [2.45, 2.75) is 38.5 Å². The lowest BCUT2D eigenvalue weighted by Gasteiger charge is -2.24. The molecule has 10 aromatic carbocycles. The Morgan fingerprint density at radius 3 is 1.10 bits per heavy atom. The summed E-state index contributed by atoms with van der Waals surface area (Å²) in [7, 11) is 0. The molecule has 0 unspecified atom stereocenters. The monoisotopic (exact) mass is 790 g/mol. The number of hydrogen-bond acceptors (Lipinski definition) is 0. The normalized spacial score (nSPS) is 14.7. The lowest BCUT2D eigenvalue weighted by molar-refractivity contribution is 0.663. The summed E-state index contributed by atoms with van der Waals surface area (Å²) in [5.74, 6) is 0. The van der Waals surface area contributed by atoms with Crippen LogP contribution in [0.15, 0.2) is 182 Å². The summed E-state index contributed by atoms with van der Waals surface area (Å²) in [6, 6.07) is 68.8. The maximum Gasteiger partial charge on any atom is 0.0588 e. The zero-order valence-electron chi connectivity index (χ0n) is 35.2. The molecule has 0 fully saturated rings. The van der Waals surface area contributed by atoms with Crippen molar-refractivity contribution in [2.75, 3.05) is 0 Å². The van der Waals surface area contributed by atoms with Crippen molar-refractivity contribution in [3.05, 3.63) is 204 Å². The highest BCUT2D eigenvalue weighted by Crippen LogP contribution is 2.55. The van der Waals surface area contributed by atoms with Crippen molar-refractivity contribution in [3.63, 3.8) is 0 Å². The van der Waals surface area contributed by atoms with Gasteiger partial charge in [-0.05, 0) is 113 Å². The van der Waals surface area contributed by atoms with Crippen LogP contribution in [0, 0.1) is 0 Å². The first-order valence-corrected chi connectivity index (χ1v) is 22.0. The van der Waals surface area contributed by atoms with Gasteiger partial charge in [0.15, 0.2) is 0 Å². The highest BCUT2D eigenvalue weighted by molar-refractivity contribution is 6.26. The van der Waals surface area contributed by atoms with Crippen molar-refractivity contribution >= 4 is 75.9 Å². The summed E-state index contributed by atoms with van der Waals surface area (Å²) in [4.78, 5) is 0. The molecule has 0 bridgehead atoms. The molecule has 0 N–H and O–H groups in total. The Kier molecular flexibility index (Phi) is 6.47. The summed E-state index contributed by atoms with van der Waals surface area (Å²) in [6.07, 6.45) is 0. The number of hydrogen-bond donors (Lipinski definition) is 0. The van der Waals surface area contributed by atoms with Gasteiger partial charge in [-0.1, -0.05) is 173 Å². The smallest absolute Gasteiger partial charge is 0.0588 e. The van der Waals surface area contributed by atoms with Crippen LogP contribution in [0.25, 0.3) is 110 Å². The SMILES string of the molecule is CC1(C)c2ccccc2-c2ccc3c4ccccc4n(-c4ccc5c6ccc(-n7c8ccccc8c8ccc9c(c87)C(C)(C)c7ccccc7-9)cc6c6ccccc6c5c4)c3c21. The van der Waals surface area contributed by atoms with E-state index in [1.807, 2.05) is 0 Å². The second-order valence-corrected chi connectivity index (χ2v) is 18.8. The molecule has 2 aliphatic carbocycles. The molecule has 0 saturated heterocycles. The van der Waals surface area contributed by atoms with Gasteiger partial charge in [-0.25, -0.2) is 0 Å². The Balaban J connectivity index is 1.03. The molecule has 2 heteroatoms. The van der Waals surface area contributed by atoms with Crippen LogP contribution in [-0.2, 0) is 10.8 Å². The van der Waals surface area contributed by atoms with E-state index in [4.69, 9.17) is 0 Å². The lowest BCUT2D eigenvalue weighted by Crippen LogP contribution is -2.16. The van der Waals surface area contributed by atoms with Crippen LogP contribution in [0.2, 0.25) is 0 Å². The van der Waals surface area contributed by atoms with Crippen LogP contribution in [0.3, 0.4) is 0 Å². The largest absolute Gasteiger partial charge is 0.309 e.